The molecule has 0 bridgehead atoms. The van der Waals surface area contributed by atoms with Crippen LogP contribution in [-0.2, 0) is 17.6 Å². The first-order valence-corrected chi connectivity index (χ1v) is 13.1. The number of rotatable bonds is 6. The third kappa shape index (κ3) is 4.76. The van der Waals surface area contributed by atoms with Crippen LogP contribution in [0.5, 0.6) is 0 Å². The topological polar surface area (TPSA) is 99.1 Å². The number of nitrogens with one attached hydrogen (secondary N) is 1. The molecule has 1 aromatic heterocycles. The largest absolute Gasteiger partial charge is 0.478 e. The predicted octanol–water partition coefficient (Wildman–Crippen LogP) is 4.91. The van der Waals surface area contributed by atoms with E-state index in [-0.39, 0.29) is 17.4 Å². The highest BCUT2D eigenvalue weighted by molar-refractivity contribution is 7.15. The minimum atomic E-state index is -1.03. The number of carboxylic acids is 1. The van der Waals surface area contributed by atoms with Crippen molar-refractivity contribution in [3.63, 3.8) is 0 Å². The van der Waals surface area contributed by atoms with Crippen LogP contribution in [0.15, 0.2) is 53.9 Å². The van der Waals surface area contributed by atoms with Crippen molar-refractivity contribution in [2.24, 2.45) is 0 Å². The number of aryl methyl sites for hydroxylation is 1. The van der Waals surface area contributed by atoms with Gasteiger partial charge in [-0.15, -0.1) is 11.3 Å². The highest BCUT2D eigenvalue weighted by Crippen LogP contribution is 2.40. The Hall–Kier alpha value is -3.20. The van der Waals surface area contributed by atoms with Crippen molar-refractivity contribution in [2.75, 3.05) is 30.5 Å². The Morgan fingerprint density at radius 3 is 2.47 bits per heavy atom. The number of hydrogen-bond donors (Lipinski definition) is 3. The van der Waals surface area contributed by atoms with Crippen LogP contribution < -0.4 is 10.2 Å². The molecule has 2 aromatic carbocycles. The summed E-state index contributed by atoms with van der Waals surface area (Å²) in [5.74, 6) is -1.28. The summed E-state index contributed by atoms with van der Waals surface area (Å²) in [6.07, 6.45) is 3.62. The maximum Gasteiger partial charge on any atom is 0.339 e. The lowest BCUT2D eigenvalue weighted by molar-refractivity contribution is -0.0617. The standard InChI is InChI=1S/C28H30N2O5S/c1-30(28(34)12-14-35-15-13-28)22-10-8-19(9-11-22)25(31)29-26-24(27(32)33)23(17-36-26)21-7-6-18-4-2-3-5-20(18)16-21/h2-5,8-11,17,21,34H,6-7,12-16H2,1H3,(H,29,31)(H,32,33). The van der Waals surface area contributed by atoms with E-state index in [1.54, 1.807) is 24.3 Å². The zero-order valence-electron chi connectivity index (χ0n) is 20.2. The van der Waals surface area contributed by atoms with E-state index < -0.39 is 11.7 Å². The van der Waals surface area contributed by atoms with Crippen molar-refractivity contribution >= 4 is 33.9 Å². The van der Waals surface area contributed by atoms with E-state index in [9.17, 15) is 19.8 Å². The molecule has 1 aliphatic carbocycles. The van der Waals surface area contributed by atoms with Crippen molar-refractivity contribution in [1.29, 1.82) is 0 Å². The Kier molecular flexibility index (Phi) is 6.83. The molecule has 0 saturated carbocycles. The van der Waals surface area contributed by atoms with Gasteiger partial charge in [-0.2, -0.15) is 0 Å². The summed E-state index contributed by atoms with van der Waals surface area (Å²) >= 11 is 1.26. The molecule has 0 spiro atoms. The predicted molar refractivity (Wildman–Crippen MR) is 140 cm³/mol. The number of benzene rings is 2. The summed E-state index contributed by atoms with van der Waals surface area (Å²) in [5.41, 5.74) is 3.80. The lowest BCUT2D eigenvalue weighted by atomic mass is 9.80. The molecule has 36 heavy (non-hydrogen) atoms. The lowest BCUT2D eigenvalue weighted by Gasteiger charge is -2.41. The third-order valence-electron chi connectivity index (χ3n) is 7.48. The summed E-state index contributed by atoms with van der Waals surface area (Å²) in [6.45, 7) is 1.01. The number of aromatic carboxylic acids is 1. The molecular formula is C28H30N2O5S. The average Bonchev–Trinajstić information content (AvgIpc) is 3.32. The fourth-order valence-electron chi connectivity index (χ4n) is 5.23. The van der Waals surface area contributed by atoms with Gasteiger partial charge >= 0.3 is 5.97 Å². The van der Waals surface area contributed by atoms with Gasteiger partial charge in [0, 0.05) is 31.1 Å². The van der Waals surface area contributed by atoms with Crippen LogP contribution in [0.4, 0.5) is 10.7 Å². The molecule has 0 radical (unpaired) electrons. The van der Waals surface area contributed by atoms with Gasteiger partial charge in [0.1, 0.15) is 10.7 Å². The first kappa shape index (κ1) is 24.5. The van der Waals surface area contributed by atoms with Crippen molar-refractivity contribution in [3.8, 4) is 0 Å². The number of nitrogens with zero attached hydrogens (tertiary/aromatic N) is 1. The van der Waals surface area contributed by atoms with E-state index in [4.69, 9.17) is 4.74 Å². The quantitative estimate of drug-likeness (QED) is 0.411. The van der Waals surface area contributed by atoms with Gasteiger partial charge in [0.25, 0.3) is 5.91 Å². The van der Waals surface area contributed by atoms with Crippen molar-refractivity contribution in [3.05, 3.63) is 81.7 Å². The number of carboxylic acid groups (broad SMARTS) is 1. The van der Waals surface area contributed by atoms with Crippen molar-refractivity contribution in [2.45, 2.75) is 43.7 Å². The first-order chi connectivity index (χ1) is 17.4. The maximum absolute atomic E-state index is 13.0. The number of hydrogen-bond acceptors (Lipinski definition) is 6. The highest BCUT2D eigenvalue weighted by atomic mass is 32.1. The minimum Gasteiger partial charge on any atom is -0.478 e. The van der Waals surface area contributed by atoms with E-state index in [1.807, 2.05) is 29.5 Å². The van der Waals surface area contributed by atoms with Gasteiger partial charge in [-0.05, 0) is 71.5 Å². The lowest BCUT2D eigenvalue weighted by Crippen LogP contribution is -2.50. The van der Waals surface area contributed by atoms with E-state index >= 15 is 0 Å². The molecule has 1 saturated heterocycles. The Balaban J connectivity index is 1.32. The fourth-order valence-corrected chi connectivity index (χ4v) is 6.26. The Labute approximate surface area is 214 Å². The van der Waals surface area contributed by atoms with Crippen LogP contribution in [0.2, 0.25) is 0 Å². The minimum absolute atomic E-state index is 0.110. The summed E-state index contributed by atoms with van der Waals surface area (Å²) < 4.78 is 5.36. The molecule has 188 valence electrons. The average molecular weight is 507 g/mol. The third-order valence-corrected chi connectivity index (χ3v) is 8.40. The number of anilines is 2. The van der Waals surface area contributed by atoms with Gasteiger partial charge in [0.2, 0.25) is 0 Å². The number of carbonyl (C=O) groups excluding carboxylic acids is 1. The van der Waals surface area contributed by atoms with E-state index in [0.717, 1.165) is 30.5 Å². The Bertz CT molecular complexity index is 1260. The summed E-state index contributed by atoms with van der Waals surface area (Å²) in [6, 6.07) is 15.3. The summed E-state index contributed by atoms with van der Waals surface area (Å²) in [7, 11) is 1.83. The van der Waals surface area contributed by atoms with Gasteiger partial charge in [-0.1, -0.05) is 24.3 Å². The molecule has 5 rings (SSSR count). The van der Waals surface area contributed by atoms with Crippen molar-refractivity contribution < 1.29 is 24.5 Å². The molecule has 3 aromatic rings. The number of carbonyl (C=O) groups is 2. The van der Waals surface area contributed by atoms with E-state index in [1.165, 1.54) is 22.5 Å². The van der Waals surface area contributed by atoms with Gasteiger partial charge < -0.3 is 25.2 Å². The molecule has 8 heteroatoms. The summed E-state index contributed by atoms with van der Waals surface area (Å²) in [5, 5.41) is 26.0. The van der Waals surface area contributed by atoms with E-state index in [0.29, 0.717) is 36.6 Å². The second-order valence-corrected chi connectivity index (χ2v) is 10.4. The van der Waals surface area contributed by atoms with Gasteiger partial charge in [-0.25, -0.2) is 4.79 Å². The van der Waals surface area contributed by atoms with Crippen LogP contribution in [0.3, 0.4) is 0 Å². The maximum atomic E-state index is 13.0. The van der Waals surface area contributed by atoms with Crippen LogP contribution in [0.25, 0.3) is 0 Å². The fraction of sp³-hybridized carbons (Fsp3) is 0.357. The smallest absolute Gasteiger partial charge is 0.339 e. The molecule has 3 N–H and O–H groups in total. The van der Waals surface area contributed by atoms with Crippen LogP contribution in [-0.4, -0.2) is 48.1 Å². The van der Waals surface area contributed by atoms with Gasteiger partial charge in [-0.3, -0.25) is 4.79 Å². The monoisotopic (exact) mass is 506 g/mol. The number of amides is 1. The number of ether oxygens (including phenoxy) is 1. The van der Waals surface area contributed by atoms with Crippen LogP contribution in [0.1, 0.15) is 62.6 Å². The number of aliphatic hydroxyl groups is 1. The zero-order chi connectivity index (χ0) is 25.3. The SMILES string of the molecule is CN(c1ccc(C(=O)Nc2scc(C3CCc4ccccc4C3)c2C(=O)O)cc1)C1(O)CCOCC1. The normalized spacial score (nSPS) is 18.8. The highest BCUT2D eigenvalue weighted by Gasteiger charge is 2.34. The zero-order valence-corrected chi connectivity index (χ0v) is 21.0. The molecule has 2 heterocycles. The molecule has 1 atom stereocenters. The molecule has 1 unspecified atom stereocenters. The molecule has 1 aliphatic heterocycles. The van der Waals surface area contributed by atoms with Crippen LogP contribution >= 0.6 is 11.3 Å². The molecular weight excluding hydrogens is 476 g/mol. The van der Waals surface area contributed by atoms with Crippen molar-refractivity contribution in [1.82, 2.24) is 0 Å². The van der Waals surface area contributed by atoms with Gasteiger partial charge in [0.15, 0.2) is 0 Å². The second kappa shape index (κ2) is 10.0. The Morgan fingerprint density at radius 1 is 1.08 bits per heavy atom. The second-order valence-electron chi connectivity index (χ2n) is 9.56. The van der Waals surface area contributed by atoms with E-state index in [2.05, 4.69) is 17.4 Å². The molecule has 7 nitrogen and oxygen atoms in total. The van der Waals surface area contributed by atoms with Crippen LogP contribution in [0, 0.1) is 0 Å². The first-order valence-electron chi connectivity index (χ1n) is 12.2. The number of fused-ring (bicyclic) bond motifs is 1. The molecule has 1 fully saturated rings. The van der Waals surface area contributed by atoms with Gasteiger partial charge in [0.05, 0.1) is 18.8 Å². The summed E-state index contributed by atoms with van der Waals surface area (Å²) in [4.78, 5) is 27.0. The Morgan fingerprint density at radius 2 is 1.78 bits per heavy atom. The molecule has 1 amide bonds. The number of thiophene rings is 1. The molecule has 2 aliphatic rings.